The van der Waals surface area contributed by atoms with Crippen LogP contribution in [0, 0.1) is 11.8 Å². The second-order valence-electron chi connectivity index (χ2n) is 7.05. The van der Waals surface area contributed by atoms with Crippen molar-refractivity contribution in [1.82, 2.24) is 0 Å². The lowest BCUT2D eigenvalue weighted by atomic mass is 9.83. The fraction of sp³-hybridized carbons (Fsp3) is 0.130. The average Bonchev–Trinajstić information content (AvgIpc) is 3.33. The Morgan fingerprint density at radius 3 is 1.70 bits per heavy atom. The van der Waals surface area contributed by atoms with Gasteiger partial charge in [-0.3, -0.25) is 9.59 Å². The number of anilines is 1. The van der Waals surface area contributed by atoms with Crippen LogP contribution in [0.4, 0.5) is 5.69 Å². The highest BCUT2D eigenvalue weighted by molar-refractivity contribution is 6.32. The van der Waals surface area contributed by atoms with E-state index in [9.17, 15) is 9.59 Å². The van der Waals surface area contributed by atoms with Gasteiger partial charge in [-0.2, -0.15) is 0 Å². The van der Waals surface area contributed by atoms with E-state index in [-0.39, 0.29) is 23.7 Å². The molecule has 0 radical (unpaired) electrons. The van der Waals surface area contributed by atoms with Crippen molar-refractivity contribution in [2.24, 2.45) is 11.8 Å². The number of carbonyl (C=O) groups excluding carboxylic acids is 2. The maximum absolute atomic E-state index is 13.3. The first-order valence-electron chi connectivity index (χ1n) is 8.90. The van der Waals surface area contributed by atoms with Crippen molar-refractivity contribution < 1.29 is 9.59 Å². The Morgan fingerprint density at radius 2 is 1.22 bits per heavy atom. The minimum absolute atomic E-state index is 0.153. The number of carbonyl (C=O) groups is 2. The Bertz CT molecular complexity index is 985. The standard InChI is InChI=1S/C23H16ClNO2/c24-17-12-7-13-18(14-17)25-21(26)19-20(22(25)27)23(19,15-8-3-1-4-9-15)16-10-5-2-6-11-16/h1-14,19-20H/t19-,20-/m0/s1. The Labute approximate surface area is 162 Å². The second kappa shape index (κ2) is 5.80. The fourth-order valence-electron chi connectivity index (χ4n) is 4.63. The highest BCUT2D eigenvalue weighted by Gasteiger charge is 2.78. The topological polar surface area (TPSA) is 37.4 Å². The second-order valence-corrected chi connectivity index (χ2v) is 7.48. The van der Waals surface area contributed by atoms with Gasteiger partial charge in [0.2, 0.25) is 11.8 Å². The van der Waals surface area contributed by atoms with Crippen LogP contribution in [0.3, 0.4) is 0 Å². The highest BCUT2D eigenvalue weighted by atomic mass is 35.5. The molecule has 2 atom stereocenters. The zero-order chi connectivity index (χ0) is 18.6. The molecule has 0 N–H and O–H groups in total. The van der Waals surface area contributed by atoms with Gasteiger partial charge < -0.3 is 0 Å². The molecule has 27 heavy (non-hydrogen) atoms. The zero-order valence-corrected chi connectivity index (χ0v) is 15.1. The van der Waals surface area contributed by atoms with Gasteiger partial charge in [0.25, 0.3) is 0 Å². The molecule has 2 amide bonds. The summed E-state index contributed by atoms with van der Waals surface area (Å²) in [5, 5.41) is 0.506. The van der Waals surface area contributed by atoms with Crippen molar-refractivity contribution in [3.05, 3.63) is 101 Å². The van der Waals surface area contributed by atoms with Crippen LogP contribution in [0.15, 0.2) is 84.9 Å². The molecule has 0 spiro atoms. The quantitative estimate of drug-likeness (QED) is 0.636. The molecule has 3 aromatic carbocycles. The van der Waals surface area contributed by atoms with E-state index in [1.807, 2.05) is 60.7 Å². The summed E-state index contributed by atoms with van der Waals surface area (Å²) in [7, 11) is 0. The van der Waals surface area contributed by atoms with Crippen molar-refractivity contribution in [2.45, 2.75) is 5.41 Å². The molecule has 1 heterocycles. The fourth-order valence-corrected chi connectivity index (χ4v) is 4.82. The van der Waals surface area contributed by atoms with Crippen molar-refractivity contribution in [3.8, 4) is 0 Å². The zero-order valence-electron chi connectivity index (χ0n) is 14.4. The number of piperidine rings is 1. The summed E-state index contributed by atoms with van der Waals surface area (Å²) < 4.78 is 0. The molecule has 1 aliphatic carbocycles. The van der Waals surface area contributed by atoms with E-state index in [0.717, 1.165) is 11.1 Å². The summed E-state index contributed by atoms with van der Waals surface area (Å²) in [6.45, 7) is 0. The number of hydrogen-bond donors (Lipinski definition) is 0. The SMILES string of the molecule is O=C1[C@@H]2[C@@H](C(=O)N1c1cccc(Cl)c1)C2(c1ccccc1)c1ccccc1. The van der Waals surface area contributed by atoms with Gasteiger partial charge in [-0.25, -0.2) is 4.90 Å². The van der Waals surface area contributed by atoms with Crippen LogP contribution < -0.4 is 4.90 Å². The van der Waals surface area contributed by atoms with Gasteiger partial charge in [0.05, 0.1) is 17.5 Å². The molecular weight excluding hydrogens is 358 g/mol. The third kappa shape index (κ3) is 2.15. The van der Waals surface area contributed by atoms with Crippen LogP contribution in [0.1, 0.15) is 11.1 Å². The molecule has 0 bridgehead atoms. The number of imide groups is 1. The summed E-state index contributed by atoms with van der Waals surface area (Å²) in [6, 6.07) is 26.7. The maximum atomic E-state index is 13.3. The summed E-state index contributed by atoms with van der Waals surface area (Å²) in [5.41, 5.74) is 1.99. The number of halogens is 1. The molecule has 2 fully saturated rings. The monoisotopic (exact) mass is 373 g/mol. The van der Waals surface area contributed by atoms with E-state index >= 15 is 0 Å². The third-order valence-electron chi connectivity index (χ3n) is 5.75. The van der Waals surface area contributed by atoms with Crippen LogP contribution in [0.2, 0.25) is 5.02 Å². The van der Waals surface area contributed by atoms with Crippen LogP contribution >= 0.6 is 11.6 Å². The first-order chi connectivity index (χ1) is 13.2. The van der Waals surface area contributed by atoms with E-state index < -0.39 is 5.41 Å². The molecular formula is C23H16ClNO2. The Balaban J connectivity index is 1.63. The molecule has 0 aromatic heterocycles. The van der Waals surface area contributed by atoms with E-state index in [4.69, 9.17) is 11.6 Å². The van der Waals surface area contributed by atoms with Gasteiger partial charge in [-0.05, 0) is 29.3 Å². The van der Waals surface area contributed by atoms with Crippen molar-refractivity contribution >= 4 is 29.1 Å². The molecule has 4 heteroatoms. The number of hydrogen-bond acceptors (Lipinski definition) is 2. The average molecular weight is 374 g/mol. The minimum atomic E-state index is -0.578. The van der Waals surface area contributed by atoms with Crippen molar-refractivity contribution in [2.75, 3.05) is 4.90 Å². The predicted molar refractivity (Wildman–Crippen MR) is 105 cm³/mol. The first-order valence-corrected chi connectivity index (χ1v) is 9.28. The lowest BCUT2D eigenvalue weighted by Gasteiger charge is -2.26. The number of rotatable bonds is 3. The van der Waals surface area contributed by atoms with Crippen LogP contribution in [-0.2, 0) is 15.0 Å². The van der Waals surface area contributed by atoms with E-state index in [1.165, 1.54) is 4.90 Å². The first kappa shape index (κ1) is 16.3. The van der Waals surface area contributed by atoms with E-state index in [2.05, 4.69) is 0 Å². The van der Waals surface area contributed by atoms with E-state index in [1.54, 1.807) is 24.3 Å². The Hall–Kier alpha value is -2.91. The maximum Gasteiger partial charge on any atom is 0.239 e. The summed E-state index contributed by atoms with van der Waals surface area (Å²) in [5.74, 6) is -1.07. The number of nitrogens with zero attached hydrogens (tertiary/aromatic N) is 1. The number of fused-ring (bicyclic) bond motifs is 1. The molecule has 2 aliphatic rings. The van der Waals surface area contributed by atoms with Gasteiger partial charge in [-0.15, -0.1) is 0 Å². The molecule has 3 aromatic rings. The van der Waals surface area contributed by atoms with Gasteiger partial charge in [0.15, 0.2) is 0 Å². The predicted octanol–water partition coefficient (Wildman–Crippen LogP) is 4.45. The Kier molecular flexibility index (Phi) is 3.49. The third-order valence-corrected chi connectivity index (χ3v) is 5.98. The lowest BCUT2D eigenvalue weighted by Crippen LogP contribution is -2.39. The molecule has 1 saturated carbocycles. The van der Waals surface area contributed by atoms with Crippen LogP contribution in [-0.4, -0.2) is 11.8 Å². The summed E-state index contributed by atoms with van der Waals surface area (Å²) in [6.07, 6.45) is 0. The highest BCUT2D eigenvalue weighted by Crippen LogP contribution is 2.68. The summed E-state index contributed by atoms with van der Waals surface area (Å²) in [4.78, 5) is 27.9. The van der Waals surface area contributed by atoms with Gasteiger partial charge in [0, 0.05) is 10.4 Å². The van der Waals surface area contributed by atoms with Gasteiger partial charge >= 0.3 is 0 Å². The van der Waals surface area contributed by atoms with Crippen LogP contribution in [0.25, 0.3) is 0 Å². The molecule has 3 nitrogen and oxygen atoms in total. The molecule has 5 rings (SSSR count). The molecule has 132 valence electrons. The lowest BCUT2D eigenvalue weighted by molar-refractivity contribution is -0.124. The Morgan fingerprint density at radius 1 is 0.704 bits per heavy atom. The number of amides is 2. The molecule has 1 aliphatic heterocycles. The largest absolute Gasteiger partial charge is 0.274 e. The summed E-state index contributed by atoms with van der Waals surface area (Å²) >= 11 is 6.06. The smallest absolute Gasteiger partial charge is 0.239 e. The number of benzene rings is 3. The van der Waals surface area contributed by atoms with Crippen molar-refractivity contribution in [3.63, 3.8) is 0 Å². The van der Waals surface area contributed by atoms with Gasteiger partial charge in [0.1, 0.15) is 0 Å². The molecule has 1 saturated heterocycles. The van der Waals surface area contributed by atoms with Crippen LogP contribution in [0.5, 0.6) is 0 Å². The normalized spacial score (nSPS) is 22.6. The molecule has 0 unspecified atom stereocenters. The minimum Gasteiger partial charge on any atom is -0.274 e. The van der Waals surface area contributed by atoms with E-state index in [0.29, 0.717) is 10.7 Å². The van der Waals surface area contributed by atoms with Crippen molar-refractivity contribution in [1.29, 1.82) is 0 Å². The van der Waals surface area contributed by atoms with Gasteiger partial charge in [-0.1, -0.05) is 78.3 Å².